The van der Waals surface area contributed by atoms with Crippen molar-refractivity contribution in [2.75, 3.05) is 0 Å². The van der Waals surface area contributed by atoms with E-state index in [0.29, 0.717) is 10.6 Å². The van der Waals surface area contributed by atoms with E-state index in [2.05, 4.69) is 15.5 Å². The second-order valence-corrected chi connectivity index (χ2v) is 2.59. The molecule has 0 saturated heterocycles. The highest BCUT2D eigenvalue weighted by atomic mass is 35.5. The van der Waals surface area contributed by atoms with Gasteiger partial charge in [-0.2, -0.15) is 5.10 Å². The molecule has 0 aliphatic heterocycles. The molecule has 0 spiro atoms. The molecular weight excluding hydrogens is 190 g/mol. The van der Waals surface area contributed by atoms with Gasteiger partial charge < -0.3 is 5.73 Å². The van der Waals surface area contributed by atoms with E-state index in [9.17, 15) is 0 Å². The molecular formula is C7H8ClN5. The van der Waals surface area contributed by atoms with Crippen LogP contribution in [0.5, 0.6) is 0 Å². The Morgan fingerprint density at radius 3 is 3.15 bits per heavy atom. The zero-order valence-electron chi connectivity index (χ0n) is 6.66. The van der Waals surface area contributed by atoms with Crippen molar-refractivity contribution >= 4 is 23.8 Å². The zero-order chi connectivity index (χ0) is 9.68. The van der Waals surface area contributed by atoms with Gasteiger partial charge in [-0.3, -0.25) is 10.4 Å². The third kappa shape index (κ3) is 3.08. The Hall–Kier alpha value is -1.62. The van der Waals surface area contributed by atoms with E-state index < -0.39 is 0 Å². The minimum atomic E-state index is -0.221. The van der Waals surface area contributed by atoms with Crippen LogP contribution < -0.4 is 11.2 Å². The number of nitrogens with zero attached hydrogens (tertiary/aromatic N) is 2. The van der Waals surface area contributed by atoms with Crippen molar-refractivity contribution in [3.05, 3.63) is 29.0 Å². The molecule has 0 bridgehead atoms. The second-order valence-electron chi connectivity index (χ2n) is 2.18. The van der Waals surface area contributed by atoms with E-state index in [-0.39, 0.29) is 5.96 Å². The lowest BCUT2D eigenvalue weighted by molar-refractivity contribution is 1.00. The first-order valence-corrected chi connectivity index (χ1v) is 3.80. The van der Waals surface area contributed by atoms with E-state index >= 15 is 0 Å². The number of pyridine rings is 1. The van der Waals surface area contributed by atoms with Gasteiger partial charge in [0, 0.05) is 18.0 Å². The molecule has 13 heavy (non-hydrogen) atoms. The summed E-state index contributed by atoms with van der Waals surface area (Å²) in [6.07, 6.45) is 4.57. The summed E-state index contributed by atoms with van der Waals surface area (Å²) < 4.78 is 0. The van der Waals surface area contributed by atoms with E-state index in [4.69, 9.17) is 22.7 Å². The number of nitrogens with one attached hydrogen (secondary N) is 2. The van der Waals surface area contributed by atoms with Crippen molar-refractivity contribution in [3.63, 3.8) is 0 Å². The van der Waals surface area contributed by atoms with E-state index in [1.165, 1.54) is 12.4 Å². The number of hydrazone groups is 1. The SMILES string of the molecule is N=C(N)NN=Cc1ccncc1Cl. The van der Waals surface area contributed by atoms with Gasteiger partial charge >= 0.3 is 0 Å². The van der Waals surface area contributed by atoms with Crippen LogP contribution in [0.1, 0.15) is 5.56 Å². The Morgan fingerprint density at radius 1 is 1.77 bits per heavy atom. The maximum absolute atomic E-state index is 6.82. The molecule has 1 heterocycles. The first kappa shape index (κ1) is 9.47. The fraction of sp³-hybridized carbons (Fsp3) is 0. The summed E-state index contributed by atoms with van der Waals surface area (Å²) in [6, 6.07) is 1.70. The molecule has 0 atom stereocenters. The summed E-state index contributed by atoms with van der Waals surface area (Å²) in [5.41, 5.74) is 7.99. The highest BCUT2D eigenvalue weighted by Gasteiger charge is 1.94. The van der Waals surface area contributed by atoms with Crippen molar-refractivity contribution in [1.29, 1.82) is 5.41 Å². The van der Waals surface area contributed by atoms with Crippen LogP contribution in [0.3, 0.4) is 0 Å². The monoisotopic (exact) mass is 197 g/mol. The highest BCUT2D eigenvalue weighted by molar-refractivity contribution is 6.32. The van der Waals surface area contributed by atoms with Gasteiger partial charge in [-0.25, -0.2) is 5.43 Å². The largest absolute Gasteiger partial charge is 0.369 e. The van der Waals surface area contributed by atoms with Gasteiger partial charge in [0.25, 0.3) is 0 Å². The number of aromatic nitrogens is 1. The molecule has 6 heteroatoms. The Balaban J connectivity index is 2.68. The molecule has 4 N–H and O–H groups in total. The standard InChI is InChI=1S/C7H8ClN5/c8-6-4-11-2-1-5(6)3-12-13-7(9)10/h1-4H,(H4,9,10,13). The van der Waals surface area contributed by atoms with E-state index in [0.717, 1.165) is 0 Å². The zero-order valence-corrected chi connectivity index (χ0v) is 7.42. The maximum atomic E-state index is 6.82. The third-order valence-electron chi connectivity index (χ3n) is 1.19. The number of hydrogen-bond donors (Lipinski definition) is 3. The van der Waals surface area contributed by atoms with Crippen LogP contribution in [0.4, 0.5) is 0 Å². The van der Waals surface area contributed by atoms with Gasteiger partial charge in [0.2, 0.25) is 5.96 Å². The Morgan fingerprint density at radius 2 is 2.54 bits per heavy atom. The van der Waals surface area contributed by atoms with Crippen molar-refractivity contribution in [3.8, 4) is 0 Å². The summed E-state index contributed by atoms with van der Waals surface area (Å²) in [5, 5.41) is 11.0. The summed E-state index contributed by atoms with van der Waals surface area (Å²) in [5.74, 6) is -0.221. The predicted octanol–water partition coefficient (Wildman–Crippen LogP) is 0.552. The predicted molar refractivity (Wildman–Crippen MR) is 51.9 cm³/mol. The molecule has 0 saturated carbocycles. The van der Waals surface area contributed by atoms with Crippen molar-refractivity contribution < 1.29 is 0 Å². The molecule has 0 aliphatic rings. The summed E-state index contributed by atoms with van der Waals surface area (Å²) in [7, 11) is 0. The lowest BCUT2D eigenvalue weighted by Crippen LogP contribution is -2.25. The number of nitrogens with two attached hydrogens (primary N) is 1. The average molecular weight is 198 g/mol. The number of guanidine groups is 1. The summed E-state index contributed by atoms with van der Waals surface area (Å²) in [4.78, 5) is 3.81. The van der Waals surface area contributed by atoms with Gasteiger partial charge in [-0.1, -0.05) is 11.6 Å². The molecule has 0 aliphatic carbocycles. The fourth-order valence-electron chi connectivity index (χ4n) is 0.662. The molecule has 1 rings (SSSR count). The van der Waals surface area contributed by atoms with Gasteiger partial charge in [0.1, 0.15) is 0 Å². The number of halogens is 1. The normalized spacial score (nSPS) is 10.2. The van der Waals surface area contributed by atoms with Crippen molar-refractivity contribution in [2.45, 2.75) is 0 Å². The summed E-state index contributed by atoms with van der Waals surface area (Å²) >= 11 is 5.77. The van der Waals surface area contributed by atoms with E-state index in [1.807, 2.05) is 0 Å². The minimum Gasteiger partial charge on any atom is -0.369 e. The molecule has 1 aromatic heterocycles. The third-order valence-corrected chi connectivity index (χ3v) is 1.51. The minimum absolute atomic E-state index is 0.221. The van der Waals surface area contributed by atoms with Crippen LogP contribution in [0, 0.1) is 5.41 Å². The van der Waals surface area contributed by atoms with Crippen LogP contribution in [0.25, 0.3) is 0 Å². The average Bonchev–Trinajstić information content (AvgIpc) is 2.08. The molecule has 0 fully saturated rings. The summed E-state index contributed by atoms with van der Waals surface area (Å²) in [6.45, 7) is 0. The quantitative estimate of drug-likeness (QED) is 0.368. The molecule has 0 aromatic carbocycles. The van der Waals surface area contributed by atoms with Crippen LogP contribution in [0.2, 0.25) is 5.02 Å². The van der Waals surface area contributed by atoms with Crippen LogP contribution in [-0.4, -0.2) is 17.2 Å². The molecule has 0 radical (unpaired) electrons. The lowest BCUT2D eigenvalue weighted by Gasteiger charge is -1.96. The molecule has 68 valence electrons. The molecule has 1 aromatic rings. The smallest absolute Gasteiger partial charge is 0.206 e. The topological polar surface area (TPSA) is 87.2 Å². The molecule has 5 nitrogen and oxygen atoms in total. The molecule has 0 amide bonds. The first-order valence-electron chi connectivity index (χ1n) is 3.43. The highest BCUT2D eigenvalue weighted by Crippen LogP contribution is 2.09. The van der Waals surface area contributed by atoms with Gasteiger partial charge in [0.15, 0.2) is 0 Å². The number of rotatable bonds is 2. The van der Waals surface area contributed by atoms with E-state index in [1.54, 1.807) is 12.3 Å². The van der Waals surface area contributed by atoms with Crippen LogP contribution in [-0.2, 0) is 0 Å². The number of hydrogen-bond acceptors (Lipinski definition) is 3. The maximum Gasteiger partial charge on any atom is 0.206 e. The lowest BCUT2D eigenvalue weighted by atomic mass is 10.3. The van der Waals surface area contributed by atoms with Gasteiger partial charge in [-0.05, 0) is 6.07 Å². The van der Waals surface area contributed by atoms with Crippen molar-refractivity contribution in [2.24, 2.45) is 10.8 Å². The Bertz CT molecular complexity index is 335. The second kappa shape index (κ2) is 4.42. The molecule has 0 unspecified atom stereocenters. The van der Waals surface area contributed by atoms with Crippen LogP contribution in [0.15, 0.2) is 23.6 Å². The van der Waals surface area contributed by atoms with Gasteiger partial charge in [0.05, 0.1) is 11.2 Å². The Kier molecular flexibility index (Phi) is 3.22. The van der Waals surface area contributed by atoms with Crippen LogP contribution >= 0.6 is 11.6 Å². The van der Waals surface area contributed by atoms with Gasteiger partial charge in [-0.15, -0.1) is 0 Å². The fourth-order valence-corrected chi connectivity index (χ4v) is 0.830. The van der Waals surface area contributed by atoms with Crippen molar-refractivity contribution in [1.82, 2.24) is 10.4 Å². The first-order chi connectivity index (χ1) is 6.20. The Labute approximate surface area is 80.1 Å².